The van der Waals surface area contributed by atoms with E-state index in [9.17, 15) is 17.6 Å². The number of alkyl halides is 3. The number of halogens is 4. The summed E-state index contributed by atoms with van der Waals surface area (Å²) in [6.07, 6.45) is -0.857. The Balaban J connectivity index is 1.89. The molecule has 0 spiro atoms. The first-order valence-corrected chi connectivity index (χ1v) is 6.58. The molecule has 1 aliphatic rings. The molecule has 3 rings (SSSR count). The summed E-state index contributed by atoms with van der Waals surface area (Å²) < 4.78 is 52.1. The minimum Gasteiger partial charge on any atom is -0.341 e. The molecule has 3 nitrogen and oxygen atoms in total. The molecule has 2 aromatic rings. The van der Waals surface area contributed by atoms with Crippen molar-refractivity contribution in [3.05, 3.63) is 41.5 Å². The van der Waals surface area contributed by atoms with Crippen LogP contribution in [0.15, 0.2) is 24.4 Å². The summed E-state index contributed by atoms with van der Waals surface area (Å²) in [5.74, 6) is -0.707. The smallest absolute Gasteiger partial charge is 0.341 e. The van der Waals surface area contributed by atoms with Gasteiger partial charge < -0.3 is 10.3 Å². The van der Waals surface area contributed by atoms with Gasteiger partial charge in [0.1, 0.15) is 11.6 Å². The zero-order chi connectivity index (χ0) is 15.0. The standard InChI is InChI=1S/C14H13F4N3/c15-8-1-4-12(14(16,17)18)11(5-8)13-20-7-10(21-13)6-19-9-2-3-9/h1,4-5,7,9,19H,2-3,6H2,(H,20,21). The number of imidazole rings is 1. The van der Waals surface area contributed by atoms with Crippen LogP contribution in [0.2, 0.25) is 0 Å². The molecule has 21 heavy (non-hydrogen) atoms. The van der Waals surface area contributed by atoms with Crippen molar-refractivity contribution >= 4 is 0 Å². The maximum absolute atomic E-state index is 13.3. The van der Waals surface area contributed by atoms with Gasteiger partial charge in [-0.3, -0.25) is 0 Å². The van der Waals surface area contributed by atoms with Crippen molar-refractivity contribution in [3.8, 4) is 11.4 Å². The Morgan fingerprint density at radius 1 is 1.29 bits per heavy atom. The maximum Gasteiger partial charge on any atom is 0.417 e. The number of rotatable bonds is 4. The van der Waals surface area contributed by atoms with Crippen molar-refractivity contribution in [1.29, 1.82) is 0 Å². The predicted molar refractivity (Wildman–Crippen MR) is 68.8 cm³/mol. The quantitative estimate of drug-likeness (QED) is 0.849. The molecule has 112 valence electrons. The van der Waals surface area contributed by atoms with Crippen LogP contribution in [-0.2, 0) is 12.7 Å². The van der Waals surface area contributed by atoms with Gasteiger partial charge in [0.15, 0.2) is 0 Å². The van der Waals surface area contributed by atoms with E-state index in [2.05, 4.69) is 15.3 Å². The molecule has 0 radical (unpaired) electrons. The third kappa shape index (κ3) is 3.24. The van der Waals surface area contributed by atoms with E-state index in [1.54, 1.807) is 0 Å². The lowest BCUT2D eigenvalue weighted by Crippen LogP contribution is -2.15. The van der Waals surface area contributed by atoms with Gasteiger partial charge in [-0.2, -0.15) is 13.2 Å². The highest BCUT2D eigenvalue weighted by Crippen LogP contribution is 2.36. The van der Waals surface area contributed by atoms with E-state index in [0.29, 0.717) is 18.3 Å². The number of aromatic nitrogens is 2. The summed E-state index contributed by atoms with van der Waals surface area (Å²) in [6, 6.07) is 2.86. The second-order valence-corrected chi connectivity index (χ2v) is 5.10. The van der Waals surface area contributed by atoms with Gasteiger partial charge in [-0.25, -0.2) is 9.37 Å². The van der Waals surface area contributed by atoms with Gasteiger partial charge in [0.05, 0.1) is 5.56 Å². The number of benzene rings is 1. The molecule has 0 bridgehead atoms. The predicted octanol–water partition coefficient (Wildman–Crippen LogP) is 3.49. The third-order valence-electron chi connectivity index (χ3n) is 3.33. The minimum absolute atomic E-state index is 0.0226. The van der Waals surface area contributed by atoms with Gasteiger partial charge in [-0.15, -0.1) is 0 Å². The van der Waals surface area contributed by atoms with Crippen LogP contribution < -0.4 is 5.32 Å². The molecule has 1 aliphatic carbocycles. The van der Waals surface area contributed by atoms with Crippen molar-refractivity contribution in [3.63, 3.8) is 0 Å². The molecule has 1 fully saturated rings. The van der Waals surface area contributed by atoms with Crippen LogP contribution in [0, 0.1) is 5.82 Å². The summed E-state index contributed by atoms with van der Waals surface area (Å²) >= 11 is 0. The minimum atomic E-state index is -4.55. The summed E-state index contributed by atoms with van der Waals surface area (Å²) in [6.45, 7) is 0.508. The Hall–Kier alpha value is -1.89. The van der Waals surface area contributed by atoms with E-state index < -0.39 is 17.6 Å². The molecule has 2 N–H and O–H groups in total. The number of nitrogens with one attached hydrogen (secondary N) is 2. The number of nitrogens with zero attached hydrogens (tertiary/aromatic N) is 1. The van der Waals surface area contributed by atoms with Gasteiger partial charge in [-0.1, -0.05) is 0 Å². The second kappa shape index (κ2) is 5.14. The molecule has 0 aliphatic heterocycles. The third-order valence-corrected chi connectivity index (χ3v) is 3.33. The van der Waals surface area contributed by atoms with Crippen molar-refractivity contribution in [1.82, 2.24) is 15.3 Å². The largest absolute Gasteiger partial charge is 0.417 e. The monoisotopic (exact) mass is 299 g/mol. The summed E-state index contributed by atoms with van der Waals surface area (Å²) in [5.41, 5.74) is -0.505. The lowest BCUT2D eigenvalue weighted by Gasteiger charge is -2.11. The van der Waals surface area contributed by atoms with Gasteiger partial charge in [0, 0.05) is 30.0 Å². The summed E-state index contributed by atoms with van der Waals surface area (Å²) in [5, 5.41) is 3.23. The molecule has 1 saturated carbocycles. The van der Waals surface area contributed by atoms with Crippen LogP contribution in [-0.4, -0.2) is 16.0 Å². The van der Waals surface area contributed by atoms with E-state index in [-0.39, 0.29) is 11.4 Å². The van der Waals surface area contributed by atoms with Crippen molar-refractivity contribution in [2.24, 2.45) is 0 Å². The molecule has 0 unspecified atom stereocenters. The maximum atomic E-state index is 13.3. The fourth-order valence-electron chi connectivity index (χ4n) is 2.09. The van der Waals surface area contributed by atoms with Crippen molar-refractivity contribution in [2.45, 2.75) is 31.6 Å². The molecule has 0 saturated heterocycles. The second-order valence-electron chi connectivity index (χ2n) is 5.10. The zero-order valence-electron chi connectivity index (χ0n) is 11.0. The summed E-state index contributed by atoms with van der Waals surface area (Å²) in [4.78, 5) is 6.75. The van der Waals surface area contributed by atoms with Crippen LogP contribution in [0.1, 0.15) is 24.1 Å². The van der Waals surface area contributed by atoms with Gasteiger partial charge >= 0.3 is 6.18 Å². The van der Waals surface area contributed by atoms with Crippen LogP contribution in [0.3, 0.4) is 0 Å². The normalized spacial score (nSPS) is 15.4. The molecule has 0 atom stereocenters. The fourth-order valence-corrected chi connectivity index (χ4v) is 2.09. The Morgan fingerprint density at radius 3 is 2.71 bits per heavy atom. The molecule has 1 aromatic carbocycles. The van der Waals surface area contributed by atoms with E-state index in [0.717, 1.165) is 31.0 Å². The van der Waals surface area contributed by atoms with Crippen molar-refractivity contribution in [2.75, 3.05) is 0 Å². The number of aromatic amines is 1. The molecule has 7 heteroatoms. The lowest BCUT2D eigenvalue weighted by atomic mass is 10.1. The Kier molecular flexibility index (Phi) is 3.44. The topological polar surface area (TPSA) is 40.7 Å². The molecule has 1 heterocycles. The number of H-pyrrole nitrogens is 1. The Bertz CT molecular complexity index is 644. The molecular weight excluding hydrogens is 286 g/mol. The average Bonchev–Trinajstić information content (AvgIpc) is 3.12. The first-order chi connectivity index (χ1) is 9.93. The van der Waals surface area contributed by atoms with Gasteiger partial charge in [0.2, 0.25) is 0 Å². The van der Waals surface area contributed by atoms with Crippen LogP contribution in [0.4, 0.5) is 17.6 Å². The zero-order valence-corrected chi connectivity index (χ0v) is 11.0. The van der Waals surface area contributed by atoms with E-state index >= 15 is 0 Å². The van der Waals surface area contributed by atoms with E-state index in [1.165, 1.54) is 6.20 Å². The molecular formula is C14H13F4N3. The average molecular weight is 299 g/mol. The summed E-state index contributed by atoms with van der Waals surface area (Å²) in [7, 11) is 0. The number of hydrogen-bond acceptors (Lipinski definition) is 2. The van der Waals surface area contributed by atoms with Crippen LogP contribution in [0.5, 0.6) is 0 Å². The van der Waals surface area contributed by atoms with Crippen LogP contribution >= 0.6 is 0 Å². The first-order valence-electron chi connectivity index (χ1n) is 6.58. The fraction of sp³-hybridized carbons (Fsp3) is 0.357. The molecule has 0 amide bonds. The highest BCUT2D eigenvalue weighted by Gasteiger charge is 2.34. The van der Waals surface area contributed by atoms with E-state index in [1.807, 2.05) is 0 Å². The van der Waals surface area contributed by atoms with E-state index in [4.69, 9.17) is 0 Å². The highest BCUT2D eigenvalue weighted by molar-refractivity contribution is 5.61. The Morgan fingerprint density at radius 2 is 2.05 bits per heavy atom. The first kappa shape index (κ1) is 14.1. The Labute approximate surface area is 118 Å². The lowest BCUT2D eigenvalue weighted by molar-refractivity contribution is -0.137. The van der Waals surface area contributed by atoms with Crippen LogP contribution in [0.25, 0.3) is 11.4 Å². The van der Waals surface area contributed by atoms with Gasteiger partial charge in [0.25, 0.3) is 0 Å². The highest BCUT2D eigenvalue weighted by atomic mass is 19.4. The number of hydrogen-bond donors (Lipinski definition) is 2. The SMILES string of the molecule is Fc1ccc(C(F)(F)F)c(-c2ncc(CNC3CC3)[nH]2)c1. The van der Waals surface area contributed by atoms with Crippen molar-refractivity contribution < 1.29 is 17.6 Å². The van der Waals surface area contributed by atoms with Gasteiger partial charge in [-0.05, 0) is 31.0 Å². The molecule has 1 aromatic heterocycles.